The maximum absolute atomic E-state index is 6.42. The highest BCUT2D eigenvalue weighted by Crippen LogP contribution is 2.34. The predicted molar refractivity (Wildman–Crippen MR) is 85.5 cm³/mol. The molecule has 6 heteroatoms. The maximum Gasteiger partial charge on any atom is 0.0738 e. The van der Waals surface area contributed by atoms with Crippen LogP contribution < -0.4 is 5.73 Å². The molecule has 1 aromatic rings. The summed E-state index contributed by atoms with van der Waals surface area (Å²) in [4.78, 5) is 0. The molecule has 0 bridgehead atoms. The van der Waals surface area contributed by atoms with Crippen LogP contribution in [0.2, 0.25) is 0 Å². The van der Waals surface area contributed by atoms with E-state index in [2.05, 4.69) is 28.0 Å². The first kappa shape index (κ1) is 14.8. The van der Waals surface area contributed by atoms with Crippen LogP contribution >= 0.6 is 39.5 Å². The molecule has 1 aliphatic rings. The molecule has 3 nitrogen and oxygen atoms in total. The Labute approximate surface area is 126 Å². The zero-order chi connectivity index (χ0) is 13.3. The molecule has 1 aromatic heterocycles. The third-order valence-electron chi connectivity index (χ3n) is 3.35. The fourth-order valence-electron chi connectivity index (χ4n) is 2.36. The summed E-state index contributed by atoms with van der Waals surface area (Å²) < 4.78 is 3.06. The van der Waals surface area contributed by atoms with Gasteiger partial charge in [0.1, 0.15) is 0 Å². The Kier molecular flexibility index (Phi) is 5.08. The molecular formula is C12H20BrN3S2. The summed E-state index contributed by atoms with van der Waals surface area (Å²) in [5, 5.41) is 5.62. The number of aryl methyl sites for hydroxylation is 2. The number of nitrogens with zero attached hydrogens (tertiary/aromatic N) is 2. The van der Waals surface area contributed by atoms with Gasteiger partial charge in [0.05, 0.1) is 15.9 Å². The van der Waals surface area contributed by atoms with Gasteiger partial charge in [0.25, 0.3) is 0 Å². The van der Waals surface area contributed by atoms with Crippen molar-refractivity contribution in [1.29, 1.82) is 0 Å². The highest BCUT2D eigenvalue weighted by Gasteiger charge is 2.29. The van der Waals surface area contributed by atoms with E-state index in [4.69, 9.17) is 5.73 Å². The van der Waals surface area contributed by atoms with Gasteiger partial charge in [0, 0.05) is 41.5 Å². The smallest absolute Gasteiger partial charge is 0.0738 e. The first-order valence-corrected chi connectivity index (χ1v) is 9.06. The fourth-order valence-corrected chi connectivity index (χ4v) is 5.75. The predicted octanol–water partition coefficient (Wildman–Crippen LogP) is 2.60. The molecule has 2 rings (SSSR count). The number of rotatable bonds is 3. The Balaban J connectivity index is 2.08. The van der Waals surface area contributed by atoms with E-state index in [1.165, 1.54) is 17.2 Å². The van der Waals surface area contributed by atoms with Crippen LogP contribution in [-0.2, 0) is 13.5 Å². The monoisotopic (exact) mass is 349 g/mol. The molecule has 18 heavy (non-hydrogen) atoms. The van der Waals surface area contributed by atoms with Crippen molar-refractivity contribution in [3.63, 3.8) is 0 Å². The van der Waals surface area contributed by atoms with Crippen LogP contribution in [0.1, 0.15) is 18.3 Å². The van der Waals surface area contributed by atoms with Gasteiger partial charge < -0.3 is 5.73 Å². The Morgan fingerprint density at radius 3 is 2.72 bits per heavy atom. The van der Waals surface area contributed by atoms with Crippen molar-refractivity contribution in [3.05, 3.63) is 15.9 Å². The van der Waals surface area contributed by atoms with E-state index >= 15 is 0 Å². The van der Waals surface area contributed by atoms with Crippen molar-refractivity contribution in [2.45, 2.75) is 36.8 Å². The highest BCUT2D eigenvalue weighted by molar-refractivity contribution is 9.10. The second kappa shape index (κ2) is 6.20. The average molecular weight is 350 g/mol. The summed E-state index contributed by atoms with van der Waals surface area (Å²) in [7, 11) is 1.99. The van der Waals surface area contributed by atoms with Crippen LogP contribution in [0, 0.1) is 6.92 Å². The maximum atomic E-state index is 6.42. The minimum absolute atomic E-state index is 0.198. The second-order valence-corrected chi connectivity index (χ2v) is 8.31. The Bertz CT molecular complexity index is 422. The molecule has 2 heterocycles. The van der Waals surface area contributed by atoms with Gasteiger partial charge in [0.2, 0.25) is 0 Å². The molecule has 1 saturated heterocycles. The molecular weight excluding hydrogens is 330 g/mol. The van der Waals surface area contributed by atoms with Crippen molar-refractivity contribution >= 4 is 39.5 Å². The van der Waals surface area contributed by atoms with Crippen molar-refractivity contribution in [2.75, 3.05) is 11.5 Å². The summed E-state index contributed by atoms with van der Waals surface area (Å²) in [6.07, 6.45) is 0.889. The molecule has 0 spiro atoms. The topological polar surface area (TPSA) is 43.8 Å². The molecule has 0 aromatic carbocycles. The zero-order valence-electron chi connectivity index (χ0n) is 11.0. The Morgan fingerprint density at radius 2 is 2.17 bits per heavy atom. The first-order valence-electron chi connectivity index (χ1n) is 6.17. The quantitative estimate of drug-likeness (QED) is 0.910. The second-order valence-electron chi connectivity index (χ2n) is 4.75. The van der Waals surface area contributed by atoms with Crippen LogP contribution in [0.3, 0.4) is 0 Å². The van der Waals surface area contributed by atoms with Gasteiger partial charge in [-0.3, -0.25) is 4.68 Å². The standard InChI is InChI=1S/C12H20BrN3S2/c1-7-11(13)10(16(3)15-7)6-9(14)12-8(2)17-4-5-18-12/h8-9,12H,4-6,14H2,1-3H3. The van der Waals surface area contributed by atoms with Crippen molar-refractivity contribution < 1.29 is 0 Å². The summed E-state index contributed by atoms with van der Waals surface area (Å²) in [6, 6.07) is 0.198. The molecule has 0 amide bonds. The van der Waals surface area contributed by atoms with Gasteiger partial charge in [-0.25, -0.2) is 0 Å². The third kappa shape index (κ3) is 3.08. The number of halogens is 1. The van der Waals surface area contributed by atoms with E-state index in [-0.39, 0.29) is 6.04 Å². The average Bonchev–Trinajstić information content (AvgIpc) is 2.56. The number of aromatic nitrogens is 2. The molecule has 1 fully saturated rings. The van der Waals surface area contributed by atoms with E-state index in [0.717, 1.165) is 16.6 Å². The van der Waals surface area contributed by atoms with Crippen molar-refractivity contribution in [2.24, 2.45) is 12.8 Å². The van der Waals surface area contributed by atoms with Gasteiger partial charge in [-0.15, -0.1) is 0 Å². The van der Waals surface area contributed by atoms with E-state index in [1.54, 1.807) is 0 Å². The molecule has 1 aliphatic heterocycles. The van der Waals surface area contributed by atoms with E-state index in [0.29, 0.717) is 10.5 Å². The first-order chi connectivity index (χ1) is 8.50. The van der Waals surface area contributed by atoms with Crippen molar-refractivity contribution in [3.8, 4) is 0 Å². The van der Waals surface area contributed by atoms with Gasteiger partial charge in [0.15, 0.2) is 0 Å². The van der Waals surface area contributed by atoms with Crippen molar-refractivity contribution in [1.82, 2.24) is 9.78 Å². The molecule has 0 aliphatic carbocycles. The van der Waals surface area contributed by atoms with E-state index in [1.807, 2.05) is 42.2 Å². The summed E-state index contributed by atoms with van der Waals surface area (Å²) in [6.45, 7) is 4.32. The lowest BCUT2D eigenvalue weighted by Crippen LogP contribution is -2.42. The summed E-state index contributed by atoms with van der Waals surface area (Å²) in [5.74, 6) is 2.47. The Morgan fingerprint density at radius 1 is 1.50 bits per heavy atom. The van der Waals surface area contributed by atoms with Crippen LogP contribution in [0.4, 0.5) is 0 Å². The highest BCUT2D eigenvalue weighted by atomic mass is 79.9. The van der Waals surface area contributed by atoms with Gasteiger partial charge in [-0.05, 0) is 22.9 Å². The lowest BCUT2D eigenvalue weighted by molar-refractivity contribution is 0.586. The largest absolute Gasteiger partial charge is 0.326 e. The summed E-state index contributed by atoms with van der Waals surface area (Å²) >= 11 is 7.69. The van der Waals surface area contributed by atoms with E-state index < -0.39 is 0 Å². The lowest BCUT2D eigenvalue weighted by Gasteiger charge is -2.32. The van der Waals surface area contributed by atoms with Gasteiger partial charge in [-0.1, -0.05) is 6.92 Å². The zero-order valence-corrected chi connectivity index (χ0v) is 14.2. The van der Waals surface area contributed by atoms with E-state index in [9.17, 15) is 0 Å². The number of hydrogen-bond donors (Lipinski definition) is 1. The van der Waals surface area contributed by atoms with Crippen LogP contribution in [0.5, 0.6) is 0 Å². The number of hydrogen-bond acceptors (Lipinski definition) is 4. The van der Waals surface area contributed by atoms with Gasteiger partial charge >= 0.3 is 0 Å². The van der Waals surface area contributed by atoms with Crippen LogP contribution in [0.15, 0.2) is 4.47 Å². The number of thioether (sulfide) groups is 2. The third-order valence-corrected chi connectivity index (χ3v) is 7.65. The molecule has 3 unspecified atom stereocenters. The van der Waals surface area contributed by atoms with Crippen LogP contribution in [0.25, 0.3) is 0 Å². The minimum atomic E-state index is 0.198. The lowest BCUT2D eigenvalue weighted by atomic mass is 10.1. The van der Waals surface area contributed by atoms with Crippen LogP contribution in [-0.4, -0.2) is 37.8 Å². The molecule has 2 N–H and O–H groups in total. The molecule has 102 valence electrons. The molecule has 3 atom stereocenters. The summed E-state index contributed by atoms with van der Waals surface area (Å²) in [5.41, 5.74) is 8.67. The Hall–Kier alpha value is 0.350. The normalized spacial score (nSPS) is 26.3. The van der Waals surface area contributed by atoms with Gasteiger partial charge in [-0.2, -0.15) is 28.6 Å². The minimum Gasteiger partial charge on any atom is -0.326 e. The fraction of sp³-hybridized carbons (Fsp3) is 0.750. The molecule has 0 radical (unpaired) electrons. The molecule has 0 saturated carbocycles. The number of nitrogens with two attached hydrogens (primary N) is 1. The SMILES string of the molecule is Cc1nn(C)c(CC(N)C2SCCSC2C)c1Br.